The third kappa shape index (κ3) is 3.59. The Bertz CT molecular complexity index is 757. The number of ether oxygens (including phenoxy) is 2. The lowest BCUT2D eigenvalue weighted by atomic mass is 10.0. The summed E-state index contributed by atoms with van der Waals surface area (Å²) in [6.07, 6.45) is 2.86. The first-order chi connectivity index (χ1) is 11.5. The Kier molecular flexibility index (Phi) is 5.98. The Morgan fingerprint density at radius 1 is 0.875 bits per heavy atom. The average Bonchev–Trinajstić information content (AvgIpc) is 2.58. The average molecular weight is 340 g/mol. The molecule has 0 unspecified atom stereocenters. The van der Waals surface area contributed by atoms with Crippen molar-refractivity contribution in [1.29, 1.82) is 0 Å². The van der Waals surface area contributed by atoms with Crippen molar-refractivity contribution < 1.29 is 27.0 Å². The Labute approximate surface area is 137 Å². The van der Waals surface area contributed by atoms with E-state index in [1.807, 2.05) is 0 Å². The molecule has 0 bridgehead atoms. The third-order valence-corrected chi connectivity index (χ3v) is 3.41. The first-order valence-electron chi connectivity index (χ1n) is 7.23. The van der Waals surface area contributed by atoms with Crippen LogP contribution in [-0.2, 0) is 11.2 Å². The van der Waals surface area contributed by atoms with Crippen LogP contribution >= 0.6 is 0 Å². The summed E-state index contributed by atoms with van der Waals surface area (Å²) in [6, 6.07) is 4.84. The van der Waals surface area contributed by atoms with Crippen LogP contribution in [0.4, 0.5) is 17.6 Å². The highest BCUT2D eigenvalue weighted by Crippen LogP contribution is 2.33. The first kappa shape index (κ1) is 18.0. The molecule has 0 amide bonds. The monoisotopic (exact) mass is 340 g/mol. The number of allylic oxidation sites excluding steroid dienone is 1. The maximum atomic E-state index is 14.2. The van der Waals surface area contributed by atoms with Crippen LogP contribution in [-0.4, -0.2) is 13.7 Å². The first-order valence-corrected chi connectivity index (χ1v) is 7.23. The van der Waals surface area contributed by atoms with Gasteiger partial charge in [-0.05, 0) is 31.0 Å². The zero-order valence-electron chi connectivity index (χ0n) is 13.2. The van der Waals surface area contributed by atoms with Gasteiger partial charge in [0, 0.05) is 18.2 Å². The summed E-state index contributed by atoms with van der Waals surface area (Å²) in [6.45, 7) is 1.86. The van der Waals surface area contributed by atoms with Gasteiger partial charge in [-0.15, -0.1) is 0 Å². The molecule has 128 valence electrons. The van der Waals surface area contributed by atoms with Gasteiger partial charge in [-0.1, -0.05) is 18.2 Å². The van der Waals surface area contributed by atoms with Crippen LogP contribution in [0.25, 0.3) is 11.1 Å². The molecule has 0 aliphatic heterocycles. The van der Waals surface area contributed by atoms with E-state index >= 15 is 0 Å². The van der Waals surface area contributed by atoms with E-state index < -0.39 is 23.3 Å². The number of hydrogen-bond donors (Lipinski definition) is 0. The van der Waals surface area contributed by atoms with E-state index in [2.05, 4.69) is 0 Å². The van der Waals surface area contributed by atoms with Crippen LogP contribution in [0.2, 0.25) is 0 Å². The van der Waals surface area contributed by atoms with E-state index in [0.717, 1.165) is 12.1 Å². The van der Waals surface area contributed by atoms with Gasteiger partial charge in [-0.25, -0.2) is 13.2 Å². The summed E-state index contributed by atoms with van der Waals surface area (Å²) < 4.78 is 66.2. The Morgan fingerprint density at radius 3 is 2.12 bits per heavy atom. The molecular formula is C18H16F4O2. The second-order valence-corrected chi connectivity index (χ2v) is 4.97. The maximum Gasteiger partial charge on any atom is 0.201 e. The Morgan fingerprint density at radius 2 is 1.50 bits per heavy atom. The van der Waals surface area contributed by atoms with Crippen molar-refractivity contribution in [3.8, 4) is 16.9 Å². The van der Waals surface area contributed by atoms with E-state index in [1.165, 1.54) is 31.6 Å². The van der Waals surface area contributed by atoms with Gasteiger partial charge >= 0.3 is 0 Å². The lowest BCUT2D eigenvalue weighted by Gasteiger charge is -2.11. The number of benzene rings is 2. The second-order valence-electron chi connectivity index (χ2n) is 4.97. The zero-order valence-corrected chi connectivity index (χ0v) is 13.2. The normalized spacial score (nSPS) is 11.2. The minimum absolute atomic E-state index is 0.104. The van der Waals surface area contributed by atoms with Gasteiger partial charge in [0.15, 0.2) is 23.2 Å². The molecule has 0 aromatic heterocycles. The highest BCUT2D eigenvalue weighted by atomic mass is 19.2. The lowest BCUT2D eigenvalue weighted by molar-refractivity contribution is 0.201. The molecule has 2 aromatic carbocycles. The standard InChI is InChI=1S/C18H16F4O2/c1-3-9-24-14-7-6-13(17(21)18(14)22)12-5-4-11(8-10-23-2)15(19)16(12)20/h3-7,9H,8,10H2,1-2H3. The number of rotatable bonds is 6. The predicted molar refractivity (Wildman–Crippen MR) is 82.7 cm³/mol. The quantitative estimate of drug-likeness (QED) is 0.543. The van der Waals surface area contributed by atoms with Crippen LogP contribution in [0.3, 0.4) is 0 Å². The summed E-state index contributed by atoms with van der Waals surface area (Å²) in [7, 11) is 1.44. The molecule has 0 fully saturated rings. The molecule has 0 aliphatic rings. The molecule has 0 radical (unpaired) electrons. The molecule has 0 saturated carbocycles. The van der Waals surface area contributed by atoms with Crippen molar-refractivity contribution in [3.05, 3.63) is 65.4 Å². The molecule has 2 rings (SSSR count). The molecule has 0 saturated heterocycles. The van der Waals surface area contributed by atoms with E-state index in [0.29, 0.717) is 0 Å². The van der Waals surface area contributed by atoms with E-state index in [4.69, 9.17) is 9.47 Å². The summed E-state index contributed by atoms with van der Waals surface area (Å²) in [4.78, 5) is 0. The maximum absolute atomic E-state index is 14.2. The van der Waals surface area contributed by atoms with Gasteiger partial charge in [0.2, 0.25) is 5.82 Å². The second kappa shape index (κ2) is 7.97. The molecular weight excluding hydrogens is 324 g/mol. The summed E-state index contributed by atoms with van der Waals surface area (Å²) in [5.74, 6) is -5.25. The van der Waals surface area contributed by atoms with Gasteiger partial charge in [-0.3, -0.25) is 0 Å². The largest absolute Gasteiger partial charge is 0.462 e. The molecule has 0 heterocycles. The van der Waals surface area contributed by atoms with E-state index in [1.54, 1.807) is 6.92 Å². The van der Waals surface area contributed by atoms with Gasteiger partial charge < -0.3 is 9.47 Å². The molecule has 6 heteroatoms. The van der Waals surface area contributed by atoms with Crippen molar-refractivity contribution in [2.24, 2.45) is 0 Å². The van der Waals surface area contributed by atoms with Crippen molar-refractivity contribution >= 4 is 0 Å². The number of hydrogen-bond acceptors (Lipinski definition) is 2. The molecule has 24 heavy (non-hydrogen) atoms. The Balaban J connectivity index is 2.45. The van der Waals surface area contributed by atoms with Gasteiger partial charge in [0.25, 0.3) is 0 Å². The van der Waals surface area contributed by atoms with Crippen molar-refractivity contribution in [2.75, 3.05) is 13.7 Å². The van der Waals surface area contributed by atoms with E-state index in [9.17, 15) is 17.6 Å². The highest BCUT2D eigenvalue weighted by molar-refractivity contribution is 5.66. The van der Waals surface area contributed by atoms with Gasteiger partial charge in [0.05, 0.1) is 12.9 Å². The Hall–Kier alpha value is -2.34. The lowest BCUT2D eigenvalue weighted by Crippen LogP contribution is -2.02. The van der Waals surface area contributed by atoms with Crippen LogP contribution < -0.4 is 4.74 Å². The van der Waals surface area contributed by atoms with Crippen LogP contribution in [0.5, 0.6) is 5.75 Å². The number of methoxy groups -OCH3 is 1. The van der Waals surface area contributed by atoms with Crippen LogP contribution in [0.1, 0.15) is 12.5 Å². The van der Waals surface area contributed by atoms with Crippen molar-refractivity contribution in [1.82, 2.24) is 0 Å². The molecule has 2 nitrogen and oxygen atoms in total. The third-order valence-electron chi connectivity index (χ3n) is 3.41. The summed E-state index contributed by atoms with van der Waals surface area (Å²) >= 11 is 0. The minimum Gasteiger partial charge on any atom is -0.462 e. The fourth-order valence-corrected chi connectivity index (χ4v) is 2.17. The SMILES string of the molecule is CC=COc1ccc(-c2ccc(CCOC)c(F)c2F)c(F)c1F. The van der Waals surface area contributed by atoms with Gasteiger partial charge in [-0.2, -0.15) is 4.39 Å². The van der Waals surface area contributed by atoms with Crippen LogP contribution in [0, 0.1) is 23.3 Å². The van der Waals surface area contributed by atoms with Crippen molar-refractivity contribution in [2.45, 2.75) is 13.3 Å². The fourth-order valence-electron chi connectivity index (χ4n) is 2.17. The van der Waals surface area contributed by atoms with Crippen LogP contribution in [0.15, 0.2) is 36.6 Å². The molecule has 0 spiro atoms. The fraction of sp³-hybridized carbons (Fsp3) is 0.222. The van der Waals surface area contributed by atoms with E-state index in [-0.39, 0.29) is 35.5 Å². The minimum atomic E-state index is -1.31. The molecule has 0 atom stereocenters. The zero-order chi connectivity index (χ0) is 17.7. The topological polar surface area (TPSA) is 18.5 Å². The predicted octanol–water partition coefficient (Wildman–Crippen LogP) is 5.01. The highest BCUT2D eigenvalue weighted by Gasteiger charge is 2.21. The summed E-state index contributed by atoms with van der Waals surface area (Å²) in [5, 5.41) is 0. The molecule has 0 aliphatic carbocycles. The number of halogens is 4. The molecule has 0 N–H and O–H groups in total. The van der Waals surface area contributed by atoms with Gasteiger partial charge in [0.1, 0.15) is 0 Å². The smallest absolute Gasteiger partial charge is 0.201 e. The molecule has 2 aromatic rings. The summed E-state index contributed by atoms with van der Waals surface area (Å²) in [5.41, 5.74) is -0.635. The van der Waals surface area contributed by atoms with Crippen molar-refractivity contribution in [3.63, 3.8) is 0 Å².